The highest BCUT2D eigenvalue weighted by molar-refractivity contribution is 8.01. The summed E-state index contributed by atoms with van der Waals surface area (Å²) in [6, 6.07) is -0.872. The van der Waals surface area contributed by atoms with Gasteiger partial charge in [0.05, 0.1) is 0 Å². The minimum Gasteiger partial charge on any atom is -0.481 e. The Morgan fingerprint density at radius 1 is 1.54 bits per heavy atom. The Bertz CT molecular complexity index is 1190. The number of nitrogens with zero attached hydrogens (tertiary/aromatic N) is 6. The summed E-state index contributed by atoms with van der Waals surface area (Å²) in [7, 11) is 0. The van der Waals surface area contributed by atoms with E-state index in [9.17, 15) is 19.5 Å². The predicted octanol–water partition coefficient (Wildman–Crippen LogP) is -0.874. The molecule has 4 rings (SSSR count). The normalized spacial score (nSPS) is 24.1. The lowest BCUT2D eigenvalue weighted by Gasteiger charge is -2.55. The lowest BCUT2D eigenvalue weighted by atomic mass is 9.82. The fourth-order valence-electron chi connectivity index (χ4n) is 3.95. The van der Waals surface area contributed by atoms with Crippen molar-refractivity contribution in [3.63, 3.8) is 0 Å². The Hall–Kier alpha value is -3.22. The van der Waals surface area contributed by atoms with Crippen molar-refractivity contribution >= 4 is 63.5 Å². The number of thioether (sulfide) groups is 2. The van der Waals surface area contributed by atoms with Crippen LogP contribution in [0.15, 0.2) is 28.3 Å². The number of nitrogens with two attached hydrogens (primary N) is 2. The molecule has 15 nitrogen and oxygen atoms in total. The molecule has 0 radical (unpaired) electrons. The molecule has 2 aromatic rings. The first-order chi connectivity index (χ1) is 17.8. The summed E-state index contributed by atoms with van der Waals surface area (Å²) < 4.78 is 0. The number of carboxylic acid groups (broad SMARTS) is 1. The Morgan fingerprint density at radius 2 is 2.35 bits per heavy atom. The molecule has 2 aliphatic rings. The average Bonchev–Trinajstić information content (AvgIpc) is 3.56. The number of hydrogen-bond acceptors (Lipinski definition) is 14. The van der Waals surface area contributed by atoms with Gasteiger partial charge in [0.1, 0.15) is 29.1 Å². The van der Waals surface area contributed by atoms with E-state index in [0.717, 1.165) is 23.1 Å². The number of β-lactam (4-membered cyclic amide) rings is 1. The van der Waals surface area contributed by atoms with Gasteiger partial charge in [-0.05, 0) is 18.2 Å². The number of carbonyl (C=O) groups excluding carboxylic acids is 2. The van der Waals surface area contributed by atoms with Crippen molar-refractivity contribution in [2.75, 3.05) is 31.2 Å². The van der Waals surface area contributed by atoms with Crippen LogP contribution in [0.5, 0.6) is 0 Å². The van der Waals surface area contributed by atoms with Gasteiger partial charge in [-0.25, -0.2) is 4.98 Å². The van der Waals surface area contributed by atoms with Gasteiger partial charge in [-0.2, -0.15) is 5.21 Å². The number of aliphatic carboxylic acids is 1. The zero-order chi connectivity index (χ0) is 26.6. The van der Waals surface area contributed by atoms with E-state index in [0.29, 0.717) is 11.6 Å². The summed E-state index contributed by atoms with van der Waals surface area (Å²) in [5.74, 6) is -1.94. The molecule has 2 fully saturated rings. The van der Waals surface area contributed by atoms with E-state index in [2.05, 4.69) is 42.7 Å². The standard InChI is InChI=1S/C19H24N10O5S3/c1-2-5-34-26-11(9-6-35-17(21)22-9)13(30)23-12-14(31)29-7-19(16(32)33,8-36-15(12)29)10(3-4-20)37-18-24-27-28-25-18/h2,6,10,12,15H,1,3-5,7-8,20H2,(H2,21,22)(H,23,30)(H,32,33)(H,24,25,27,28)/t10?,12?,15-,19?/m1/s1. The molecule has 0 saturated carbocycles. The predicted molar refractivity (Wildman–Crippen MR) is 137 cm³/mol. The summed E-state index contributed by atoms with van der Waals surface area (Å²) >= 11 is 3.56. The van der Waals surface area contributed by atoms with Gasteiger partial charge < -0.3 is 31.6 Å². The third kappa shape index (κ3) is 5.41. The van der Waals surface area contributed by atoms with Crippen LogP contribution in [-0.2, 0) is 19.2 Å². The number of amides is 2. The molecule has 198 valence electrons. The van der Waals surface area contributed by atoms with Crippen LogP contribution in [0, 0.1) is 5.41 Å². The van der Waals surface area contributed by atoms with Gasteiger partial charge in [0.2, 0.25) is 11.1 Å². The molecule has 4 atom stereocenters. The molecule has 2 aliphatic heterocycles. The van der Waals surface area contributed by atoms with Crippen molar-refractivity contribution < 1.29 is 24.3 Å². The fraction of sp³-hybridized carbons (Fsp3) is 0.474. The number of aromatic nitrogens is 5. The highest BCUT2D eigenvalue weighted by Crippen LogP contribution is 2.48. The maximum atomic E-state index is 13.1. The first-order valence-corrected chi connectivity index (χ1v) is 13.7. The summed E-state index contributed by atoms with van der Waals surface area (Å²) in [6.07, 6.45) is 1.82. The molecule has 2 saturated heterocycles. The zero-order valence-electron chi connectivity index (χ0n) is 19.3. The van der Waals surface area contributed by atoms with Gasteiger partial charge in [-0.15, -0.1) is 33.3 Å². The third-order valence-electron chi connectivity index (χ3n) is 5.76. The number of nitrogens with one attached hydrogen (secondary N) is 2. The Balaban J connectivity index is 1.49. The highest BCUT2D eigenvalue weighted by Gasteiger charge is 2.60. The number of carboxylic acids is 1. The summed E-state index contributed by atoms with van der Waals surface area (Å²) in [5, 5.41) is 31.6. The number of fused-ring (bicyclic) bond motifs is 1. The minimum atomic E-state index is -1.31. The van der Waals surface area contributed by atoms with Gasteiger partial charge in [0.25, 0.3) is 5.91 Å². The van der Waals surface area contributed by atoms with Crippen LogP contribution >= 0.6 is 34.9 Å². The SMILES string of the molecule is C=CCON=C(C(=O)NC1C(=O)N2CC(C(=O)O)(C(CCN)Sc3nn[nH]n3)CS[C@H]12)c1csc(N)n1. The minimum absolute atomic E-state index is 0.0489. The van der Waals surface area contributed by atoms with Crippen LogP contribution in [0.3, 0.4) is 0 Å². The molecule has 18 heteroatoms. The van der Waals surface area contributed by atoms with Gasteiger partial charge in [-0.3, -0.25) is 14.4 Å². The molecule has 7 N–H and O–H groups in total. The van der Waals surface area contributed by atoms with Gasteiger partial charge >= 0.3 is 5.97 Å². The van der Waals surface area contributed by atoms with E-state index in [4.69, 9.17) is 16.3 Å². The number of H-pyrrole nitrogens is 1. The number of oxime groups is 1. The Labute approximate surface area is 222 Å². The van der Waals surface area contributed by atoms with Crippen molar-refractivity contribution in [2.45, 2.75) is 28.2 Å². The maximum Gasteiger partial charge on any atom is 0.313 e. The largest absolute Gasteiger partial charge is 0.481 e. The van der Waals surface area contributed by atoms with Crippen LogP contribution in [0.1, 0.15) is 12.1 Å². The van der Waals surface area contributed by atoms with Crippen molar-refractivity contribution in [1.29, 1.82) is 0 Å². The summed E-state index contributed by atoms with van der Waals surface area (Å²) in [5.41, 5.74) is 10.2. The molecular weight excluding hydrogens is 544 g/mol. The molecule has 0 bridgehead atoms. The second-order valence-corrected chi connectivity index (χ2v) is 11.2. The van der Waals surface area contributed by atoms with Crippen LogP contribution in [0.2, 0.25) is 0 Å². The zero-order valence-corrected chi connectivity index (χ0v) is 21.7. The number of carbonyl (C=O) groups is 3. The van der Waals surface area contributed by atoms with E-state index in [1.807, 2.05) is 0 Å². The number of anilines is 1. The number of tetrazole rings is 1. The molecule has 0 aliphatic carbocycles. The molecule has 0 aromatic carbocycles. The lowest BCUT2D eigenvalue weighted by Crippen LogP contribution is -2.75. The first kappa shape index (κ1) is 26.8. The Morgan fingerprint density at radius 3 is 2.97 bits per heavy atom. The molecule has 0 spiro atoms. The topological polar surface area (TPSA) is 228 Å². The molecule has 37 heavy (non-hydrogen) atoms. The monoisotopic (exact) mass is 568 g/mol. The van der Waals surface area contributed by atoms with Gasteiger partial charge in [-0.1, -0.05) is 29.6 Å². The second kappa shape index (κ2) is 11.4. The molecule has 3 unspecified atom stereocenters. The van der Waals surface area contributed by atoms with Gasteiger partial charge in [0.15, 0.2) is 10.8 Å². The number of aromatic amines is 1. The van der Waals surface area contributed by atoms with Crippen molar-refractivity contribution in [3.8, 4) is 0 Å². The Kier molecular flexibility index (Phi) is 8.30. The van der Waals surface area contributed by atoms with E-state index in [1.165, 1.54) is 22.7 Å². The number of hydrogen-bond donors (Lipinski definition) is 5. The van der Waals surface area contributed by atoms with Crippen LogP contribution in [-0.4, -0.2) is 101 Å². The average molecular weight is 569 g/mol. The van der Waals surface area contributed by atoms with Crippen molar-refractivity contribution in [1.82, 2.24) is 35.8 Å². The maximum absolute atomic E-state index is 13.1. The number of nitrogen functional groups attached to an aromatic ring is 1. The van der Waals surface area contributed by atoms with Crippen LogP contribution in [0.25, 0.3) is 0 Å². The van der Waals surface area contributed by atoms with E-state index >= 15 is 0 Å². The van der Waals surface area contributed by atoms with Crippen LogP contribution < -0.4 is 16.8 Å². The van der Waals surface area contributed by atoms with Gasteiger partial charge in [0, 0.05) is 22.9 Å². The van der Waals surface area contributed by atoms with Crippen molar-refractivity contribution in [2.24, 2.45) is 16.3 Å². The molecular formula is C19H24N10O5S3. The third-order valence-corrected chi connectivity index (χ3v) is 9.34. The highest BCUT2D eigenvalue weighted by atomic mass is 32.2. The smallest absolute Gasteiger partial charge is 0.313 e. The molecule has 2 amide bonds. The van der Waals surface area contributed by atoms with Crippen LogP contribution in [0.4, 0.5) is 5.13 Å². The first-order valence-electron chi connectivity index (χ1n) is 10.9. The van der Waals surface area contributed by atoms with E-state index in [1.54, 1.807) is 5.38 Å². The fourth-order valence-corrected chi connectivity index (χ4v) is 7.40. The lowest BCUT2D eigenvalue weighted by molar-refractivity contribution is -0.158. The molecule has 4 heterocycles. The quantitative estimate of drug-likeness (QED) is 0.0524. The molecule has 2 aromatic heterocycles. The van der Waals surface area contributed by atoms with E-state index < -0.39 is 39.9 Å². The summed E-state index contributed by atoms with van der Waals surface area (Å²) in [4.78, 5) is 49.3. The van der Waals surface area contributed by atoms with E-state index in [-0.39, 0.29) is 42.0 Å². The number of thiazole rings is 1. The van der Waals surface area contributed by atoms with Crippen molar-refractivity contribution in [3.05, 3.63) is 23.7 Å². The number of rotatable bonds is 12. The summed E-state index contributed by atoms with van der Waals surface area (Å²) in [6.45, 7) is 3.78. The second-order valence-electron chi connectivity index (χ2n) is 8.05.